The average molecular weight is 187 g/mol. The molecule has 0 saturated heterocycles. The maximum absolute atomic E-state index is 5.33. The van der Waals surface area contributed by atoms with Crippen LogP contribution in [-0.2, 0) is 4.74 Å². The smallest absolute Gasteiger partial charge is 0.0634 e. The Labute approximate surface area is 83.1 Å². The summed E-state index contributed by atoms with van der Waals surface area (Å²) < 4.78 is 5.33. The zero-order valence-corrected chi connectivity index (χ0v) is 9.81. The van der Waals surface area contributed by atoms with Crippen LogP contribution in [0.15, 0.2) is 0 Å². The first-order valence-corrected chi connectivity index (χ1v) is 5.27. The van der Waals surface area contributed by atoms with Gasteiger partial charge in [-0.25, -0.2) is 0 Å². The van der Waals surface area contributed by atoms with Gasteiger partial charge in [-0.15, -0.1) is 0 Å². The molecule has 0 radical (unpaired) electrons. The van der Waals surface area contributed by atoms with Gasteiger partial charge in [0.2, 0.25) is 0 Å². The predicted octanol–water partition coefficient (Wildman–Crippen LogP) is 2.44. The topological polar surface area (TPSA) is 21.3 Å². The Balaban J connectivity index is 3.35. The number of rotatable bonds is 7. The molecule has 2 heteroatoms. The molecule has 0 fully saturated rings. The second kappa shape index (κ2) is 6.39. The summed E-state index contributed by atoms with van der Waals surface area (Å²) in [5, 5.41) is 3.45. The molecule has 0 amide bonds. The zero-order chi connectivity index (χ0) is 10.3. The van der Waals surface area contributed by atoms with Crippen LogP contribution in [0.5, 0.6) is 0 Å². The molecule has 0 spiro atoms. The van der Waals surface area contributed by atoms with Gasteiger partial charge in [0.1, 0.15) is 0 Å². The average Bonchev–Trinajstić information content (AvgIpc) is 2.12. The van der Waals surface area contributed by atoms with Crippen molar-refractivity contribution in [2.75, 3.05) is 20.2 Å². The van der Waals surface area contributed by atoms with Crippen molar-refractivity contribution in [3.8, 4) is 0 Å². The van der Waals surface area contributed by atoms with Crippen molar-refractivity contribution in [2.45, 2.75) is 46.1 Å². The Kier molecular flexibility index (Phi) is 6.35. The lowest BCUT2D eigenvalue weighted by Gasteiger charge is -2.23. The van der Waals surface area contributed by atoms with Gasteiger partial charge in [-0.2, -0.15) is 0 Å². The van der Waals surface area contributed by atoms with E-state index in [1.807, 2.05) is 0 Å². The van der Waals surface area contributed by atoms with Gasteiger partial charge in [-0.05, 0) is 39.3 Å². The zero-order valence-electron chi connectivity index (χ0n) is 9.81. The lowest BCUT2D eigenvalue weighted by molar-refractivity contribution is 0.0157. The van der Waals surface area contributed by atoms with Gasteiger partial charge in [-0.1, -0.05) is 20.3 Å². The van der Waals surface area contributed by atoms with E-state index in [1.165, 1.54) is 6.42 Å². The first kappa shape index (κ1) is 12.9. The van der Waals surface area contributed by atoms with Crippen molar-refractivity contribution in [1.82, 2.24) is 5.32 Å². The van der Waals surface area contributed by atoms with Crippen molar-refractivity contribution in [3.05, 3.63) is 0 Å². The number of ether oxygens (including phenoxy) is 1. The van der Waals surface area contributed by atoms with E-state index in [1.54, 1.807) is 7.11 Å². The summed E-state index contributed by atoms with van der Waals surface area (Å²) in [6.45, 7) is 10.9. The Bertz CT molecular complexity index is 123. The molecule has 0 heterocycles. The van der Waals surface area contributed by atoms with Crippen LogP contribution < -0.4 is 5.32 Å². The fraction of sp³-hybridized carbons (Fsp3) is 1.00. The fourth-order valence-electron chi connectivity index (χ4n) is 0.984. The van der Waals surface area contributed by atoms with E-state index in [4.69, 9.17) is 4.74 Å². The molecule has 0 bridgehead atoms. The summed E-state index contributed by atoms with van der Waals surface area (Å²) >= 11 is 0. The molecular weight excluding hydrogens is 162 g/mol. The molecule has 0 rings (SSSR count). The fourth-order valence-corrected chi connectivity index (χ4v) is 0.984. The van der Waals surface area contributed by atoms with E-state index < -0.39 is 0 Å². The van der Waals surface area contributed by atoms with Crippen molar-refractivity contribution in [1.29, 1.82) is 0 Å². The van der Waals surface area contributed by atoms with Crippen molar-refractivity contribution >= 4 is 0 Å². The van der Waals surface area contributed by atoms with Crippen LogP contribution in [0.25, 0.3) is 0 Å². The van der Waals surface area contributed by atoms with Crippen molar-refractivity contribution in [3.63, 3.8) is 0 Å². The van der Waals surface area contributed by atoms with Gasteiger partial charge < -0.3 is 10.1 Å². The van der Waals surface area contributed by atoms with Crippen LogP contribution in [0.3, 0.4) is 0 Å². The largest absolute Gasteiger partial charge is 0.379 e. The molecule has 0 aliphatic rings. The molecule has 1 unspecified atom stereocenters. The third-order valence-corrected chi connectivity index (χ3v) is 2.65. The van der Waals surface area contributed by atoms with Gasteiger partial charge in [0.25, 0.3) is 0 Å². The molecule has 0 aliphatic heterocycles. The van der Waals surface area contributed by atoms with E-state index in [0.717, 1.165) is 25.4 Å². The van der Waals surface area contributed by atoms with Gasteiger partial charge in [0.05, 0.1) is 5.60 Å². The number of hydrogen-bond donors (Lipinski definition) is 1. The van der Waals surface area contributed by atoms with Crippen LogP contribution in [0.1, 0.15) is 40.5 Å². The molecule has 0 saturated carbocycles. The Morgan fingerprint density at radius 1 is 1.38 bits per heavy atom. The molecule has 2 nitrogen and oxygen atoms in total. The second-order valence-corrected chi connectivity index (χ2v) is 4.43. The van der Waals surface area contributed by atoms with Crippen molar-refractivity contribution < 1.29 is 4.74 Å². The highest BCUT2D eigenvalue weighted by atomic mass is 16.5. The molecule has 1 atom stereocenters. The van der Waals surface area contributed by atoms with E-state index in [-0.39, 0.29) is 5.60 Å². The standard InChI is InChI=1S/C11H25NO/c1-6-10(2)9-12-8-7-11(3,4)13-5/h10,12H,6-9H2,1-5H3. The maximum Gasteiger partial charge on any atom is 0.0634 e. The number of methoxy groups -OCH3 is 1. The van der Waals surface area contributed by atoms with Crippen LogP contribution >= 0.6 is 0 Å². The third kappa shape index (κ3) is 7.03. The minimum atomic E-state index is 0.0163. The minimum absolute atomic E-state index is 0.0163. The van der Waals surface area contributed by atoms with Gasteiger partial charge >= 0.3 is 0 Å². The Hall–Kier alpha value is -0.0800. The highest BCUT2D eigenvalue weighted by Crippen LogP contribution is 2.11. The van der Waals surface area contributed by atoms with Gasteiger partial charge in [-0.3, -0.25) is 0 Å². The van der Waals surface area contributed by atoms with Gasteiger partial charge in [0.15, 0.2) is 0 Å². The summed E-state index contributed by atoms with van der Waals surface area (Å²) in [6, 6.07) is 0. The summed E-state index contributed by atoms with van der Waals surface area (Å²) in [5.41, 5.74) is 0.0163. The second-order valence-electron chi connectivity index (χ2n) is 4.43. The van der Waals surface area contributed by atoms with E-state index >= 15 is 0 Å². The lowest BCUT2D eigenvalue weighted by atomic mass is 10.0. The number of nitrogens with one attached hydrogen (secondary N) is 1. The Morgan fingerprint density at radius 2 is 2.00 bits per heavy atom. The van der Waals surface area contributed by atoms with Crippen LogP contribution in [-0.4, -0.2) is 25.8 Å². The Morgan fingerprint density at radius 3 is 2.46 bits per heavy atom. The van der Waals surface area contributed by atoms with Crippen LogP contribution in [0.4, 0.5) is 0 Å². The molecule has 13 heavy (non-hydrogen) atoms. The highest BCUT2D eigenvalue weighted by molar-refractivity contribution is 4.69. The molecule has 0 aromatic carbocycles. The monoisotopic (exact) mass is 187 g/mol. The quantitative estimate of drug-likeness (QED) is 0.618. The third-order valence-electron chi connectivity index (χ3n) is 2.65. The summed E-state index contributed by atoms with van der Waals surface area (Å²) in [7, 11) is 1.77. The lowest BCUT2D eigenvalue weighted by Crippen LogP contribution is -2.30. The van der Waals surface area contributed by atoms with E-state index in [0.29, 0.717) is 0 Å². The number of hydrogen-bond acceptors (Lipinski definition) is 2. The summed E-state index contributed by atoms with van der Waals surface area (Å²) in [6.07, 6.45) is 2.32. The molecule has 0 aromatic rings. The molecule has 0 aromatic heterocycles. The van der Waals surface area contributed by atoms with Gasteiger partial charge in [0, 0.05) is 7.11 Å². The summed E-state index contributed by atoms with van der Waals surface area (Å²) in [5.74, 6) is 0.783. The maximum atomic E-state index is 5.33. The predicted molar refractivity (Wildman–Crippen MR) is 58.0 cm³/mol. The van der Waals surface area contributed by atoms with Crippen LogP contribution in [0.2, 0.25) is 0 Å². The molecule has 0 aliphatic carbocycles. The van der Waals surface area contributed by atoms with Crippen molar-refractivity contribution in [2.24, 2.45) is 5.92 Å². The molecular formula is C11H25NO. The van der Waals surface area contributed by atoms with E-state index in [9.17, 15) is 0 Å². The highest BCUT2D eigenvalue weighted by Gasteiger charge is 2.14. The normalized spacial score (nSPS) is 14.5. The van der Waals surface area contributed by atoms with E-state index in [2.05, 4.69) is 33.0 Å². The first-order chi connectivity index (χ1) is 6.02. The SMILES string of the molecule is CCC(C)CNCCC(C)(C)OC. The van der Waals surface area contributed by atoms with Crippen LogP contribution in [0, 0.1) is 5.92 Å². The first-order valence-electron chi connectivity index (χ1n) is 5.27. The molecule has 80 valence electrons. The minimum Gasteiger partial charge on any atom is -0.379 e. The summed E-state index contributed by atoms with van der Waals surface area (Å²) in [4.78, 5) is 0. The molecule has 1 N–H and O–H groups in total.